The molecule has 3 aromatic heterocycles. The molecule has 26 heteroatoms. The van der Waals surface area contributed by atoms with Crippen LogP contribution in [0.4, 0.5) is 49.7 Å². The first-order valence-electron chi connectivity index (χ1n) is 20.1. The summed E-state index contributed by atoms with van der Waals surface area (Å²) in [6, 6.07) is 5.43. The lowest BCUT2D eigenvalue weighted by molar-refractivity contribution is -0.143. The number of sulfone groups is 1. The molecular formula is C42H40ClF10N7O6S2. The maximum absolute atomic E-state index is 15.6. The van der Waals surface area contributed by atoms with Crippen LogP contribution in [-0.4, -0.2) is 89.0 Å². The van der Waals surface area contributed by atoms with Crippen molar-refractivity contribution < 1.29 is 70.6 Å². The molecule has 68 heavy (non-hydrogen) atoms. The van der Waals surface area contributed by atoms with Gasteiger partial charge in [-0.2, -0.15) is 45.3 Å². The lowest BCUT2D eigenvalue weighted by Crippen LogP contribution is -2.35. The standard InChI is InChI=1S/C42H40ClF10N7O6S2/c1-6-23-18-29-36(42(51,52)53)56-58(37(29)41(23,49)50)20-32(62)55-31(17-22-15-24(44)19-25(45)16-22)34-27(8-7-26(54-34)11-12-39(2,3)67(4,63)64)28-9-10-30(43)33-35(28)59(21-40(46,47)48)57-38(33)60(13-14-61)68(5,65)66/h1,7-10,15-16,19,23,31,61H,11-14,17-18,20-21H2,2-5H3,(H,55,62)/t23-,31+/m1/s1. The quantitative estimate of drug-likeness (QED) is 0.0760. The van der Waals surface area contributed by atoms with Crippen LogP contribution in [-0.2, 0) is 69.1 Å². The Hall–Kier alpha value is -5.45. The SMILES string of the molecule is C#C[C@@H]1Cc2c(C(F)(F)F)nn(CC(=O)N[C@@H](Cc3cc(F)cc(F)c3)c3nc(CCC(C)(C)S(C)(=O)=O)ccc3-c3ccc(Cl)c4c(N(CCO)S(C)(=O)=O)nn(CC(F)(F)F)c34)c2C1(F)F. The number of nitrogens with zero attached hydrogens (tertiary/aromatic N) is 6. The second-order valence-corrected chi connectivity index (χ2v) is 21.7. The minimum absolute atomic E-state index is 0.0747. The van der Waals surface area contributed by atoms with Crippen LogP contribution in [0.2, 0.25) is 5.02 Å². The van der Waals surface area contributed by atoms with E-state index in [1.165, 1.54) is 32.0 Å². The topological polar surface area (TPSA) is 169 Å². The Morgan fingerprint density at radius 1 is 1.00 bits per heavy atom. The van der Waals surface area contributed by atoms with Gasteiger partial charge in [0.2, 0.25) is 15.9 Å². The Bertz CT molecular complexity index is 3040. The lowest BCUT2D eigenvalue weighted by atomic mass is 9.93. The fraction of sp³-hybridized carbons (Fsp3) is 0.429. The highest BCUT2D eigenvalue weighted by Crippen LogP contribution is 2.50. The number of terminal acetylenes is 1. The van der Waals surface area contributed by atoms with Gasteiger partial charge in [0.15, 0.2) is 21.3 Å². The zero-order chi connectivity index (χ0) is 50.7. The van der Waals surface area contributed by atoms with Crippen LogP contribution in [0.25, 0.3) is 22.0 Å². The Kier molecular flexibility index (Phi) is 14.1. The predicted molar refractivity (Wildman–Crippen MR) is 229 cm³/mol. The van der Waals surface area contributed by atoms with Crippen molar-refractivity contribution in [2.45, 2.75) is 81.7 Å². The molecule has 0 bridgehead atoms. The van der Waals surface area contributed by atoms with Gasteiger partial charge in [-0.3, -0.25) is 19.1 Å². The molecule has 1 aliphatic rings. The summed E-state index contributed by atoms with van der Waals surface area (Å²) in [5.41, 5.74) is -5.34. The number of hydrogen-bond acceptors (Lipinski definition) is 9. The van der Waals surface area contributed by atoms with Crippen LogP contribution in [0, 0.1) is 29.9 Å². The first-order chi connectivity index (χ1) is 31.3. The Morgan fingerprint density at radius 3 is 2.19 bits per heavy atom. The van der Waals surface area contributed by atoms with Crippen LogP contribution >= 0.6 is 11.6 Å². The Morgan fingerprint density at radius 2 is 1.63 bits per heavy atom. The van der Waals surface area contributed by atoms with Crippen LogP contribution in [0.15, 0.2) is 42.5 Å². The van der Waals surface area contributed by atoms with Crippen LogP contribution in [0.3, 0.4) is 0 Å². The van der Waals surface area contributed by atoms with E-state index in [1.54, 1.807) is 5.92 Å². The van der Waals surface area contributed by atoms with Crippen LogP contribution in [0.1, 0.15) is 60.2 Å². The van der Waals surface area contributed by atoms with Crippen molar-refractivity contribution in [1.29, 1.82) is 0 Å². The highest BCUT2D eigenvalue weighted by Gasteiger charge is 2.55. The number of aromatic nitrogens is 5. The van der Waals surface area contributed by atoms with E-state index in [9.17, 15) is 61.9 Å². The van der Waals surface area contributed by atoms with Gasteiger partial charge in [0.25, 0.3) is 0 Å². The molecule has 0 saturated heterocycles. The number of aliphatic hydroxyl groups is 1. The summed E-state index contributed by atoms with van der Waals surface area (Å²) < 4.78 is 197. The van der Waals surface area contributed by atoms with Gasteiger partial charge in [-0.15, -0.1) is 6.42 Å². The second kappa shape index (κ2) is 18.5. The summed E-state index contributed by atoms with van der Waals surface area (Å²) in [4.78, 5) is 18.8. The smallest absolute Gasteiger partial charge is 0.394 e. The molecule has 13 nitrogen and oxygen atoms in total. The number of anilines is 1. The molecule has 6 rings (SSSR count). The number of hydrogen-bond donors (Lipinski definition) is 2. The number of carbonyl (C=O) groups excluding carboxylic acids is 1. The normalized spacial score (nSPS) is 15.9. The molecule has 0 saturated carbocycles. The number of aliphatic hydroxyl groups excluding tert-OH is 1. The maximum atomic E-state index is 15.6. The summed E-state index contributed by atoms with van der Waals surface area (Å²) in [5.74, 6) is -8.60. The summed E-state index contributed by atoms with van der Waals surface area (Å²) in [7, 11) is -8.10. The highest BCUT2D eigenvalue weighted by atomic mass is 35.5. The van der Waals surface area contributed by atoms with Crippen molar-refractivity contribution in [2.75, 3.05) is 30.0 Å². The molecule has 3 heterocycles. The molecule has 0 unspecified atom stereocenters. The van der Waals surface area contributed by atoms with Gasteiger partial charge >= 0.3 is 18.3 Å². The summed E-state index contributed by atoms with van der Waals surface area (Å²) in [6.45, 7) is -1.88. The average molecular weight is 1030 g/mol. The number of nitrogens with one attached hydrogen (secondary N) is 1. The zero-order valence-electron chi connectivity index (χ0n) is 36.1. The van der Waals surface area contributed by atoms with Crippen molar-refractivity contribution in [2.24, 2.45) is 5.92 Å². The molecule has 5 aromatic rings. The number of carbonyl (C=O) groups is 1. The summed E-state index contributed by atoms with van der Waals surface area (Å²) >= 11 is 6.59. The van der Waals surface area contributed by atoms with E-state index >= 15 is 8.78 Å². The van der Waals surface area contributed by atoms with Crippen molar-refractivity contribution in [3.8, 4) is 23.5 Å². The molecule has 1 aliphatic carbocycles. The number of fused-ring (bicyclic) bond motifs is 2. The number of sulfonamides is 1. The van der Waals surface area contributed by atoms with Crippen molar-refractivity contribution in [1.82, 2.24) is 29.9 Å². The van der Waals surface area contributed by atoms with Gasteiger partial charge in [-0.25, -0.2) is 29.9 Å². The number of halogens is 11. The van der Waals surface area contributed by atoms with E-state index in [4.69, 9.17) is 18.0 Å². The first kappa shape index (κ1) is 51.9. The van der Waals surface area contributed by atoms with E-state index in [0.29, 0.717) is 21.3 Å². The third-order valence-corrected chi connectivity index (χ3v) is 15.0. The number of rotatable bonds is 16. The van der Waals surface area contributed by atoms with E-state index in [-0.39, 0.29) is 56.0 Å². The van der Waals surface area contributed by atoms with E-state index in [0.717, 1.165) is 24.5 Å². The molecule has 2 aromatic carbocycles. The predicted octanol–water partition coefficient (Wildman–Crippen LogP) is 7.32. The molecule has 0 fully saturated rings. The minimum atomic E-state index is -5.28. The van der Waals surface area contributed by atoms with E-state index < -0.39 is 140 Å². The molecular weight excluding hydrogens is 988 g/mol. The number of pyridine rings is 1. The van der Waals surface area contributed by atoms with Gasteiger partial charge < -0.3 is 10.4 Å². The highest BCUT2D eigenvalue weighted by molar-refractivity contribution is 7.92. The summed E-state index contributed by atoms with van der Waals surface area (Å²) in [5, 5.41) is 18.8. The molecule has 2 N–H and O–H groups in total. The fourth-order valence-corrected chi connectivity index (χ4v) is 9.41. The van der Waals surface area contributed by atoms with Gasteiger partial charge in [-0.05, 0) is 69.4 Å². The third kappa shape index (κ3) is 10.7. The van der Waals surface area contributed by atoms with Crippen molar-refractivity contribution in [3.05, 3.63) is 93.0 Å². The largest absolute Gasteiger partial charge is 0.435 e. The van der Waals surface area contributed by atoms with Gasteiger partial charge in [0, 0.05) is 34.7 Å². The van der Waals surface area contributed by atoms with E-state index in [2.05, 4.69) is 20.5 Å². The number of aryl methyl sites for hydroxylation is 1. The second-order valence-electron chi connectivity index (χ2n) is 16.7. The number of alkyl halides is 8. The van der Waals surface area contributed by atoms with Crippen molar-refractivity contribution >= 4 is 54.1 Å². The Labute approximate surface area is 387 Å². The molecule has 0 radical (unpaired) electrons. The molecule has 2 atom stereocenters. The van der Waals surface area contributed by atoms with E-state index in [1.807, 2.05) is 0 Å². The van der Waals surface area contributed by atoms with Crippen LogP contribution in [0.5, 0.6) is 0 Å². The lowest BCUT2D eigenvalue weighted by Gasteiger charge is -2.25. The van der Waals surface area contributed by atoms with Gasteiger partial charge in [0.05, 0.1) is 57.7 Å². The fourth-order valence-electron chi connectivity index (χ4n) is 7.85. The van der Waals surface area contributed by atoms with Crippen molar-refractivity contribution in [3.63, 3.8) is 0 Å². The first-order valence-corrected chi connectivity index (χ1v) is 24.2. The monoisotopic (exact) mass is 1030 g/mol. The molecule has 0 spiro atoms. The minimum Gasteiger partial charge on any atom is -0.394 e. The third-order valence-electron chi connectivity index (χ3n) is 11.4. The molecule has 0 aliphatic heterocycles. The zero-order valence-corrected chi connectivity index (χ0v) is 38.5. The van der Waals surface area contributed by atoms with Gasteiger partial charge in [-0.1, -0.05) is 29.7 Å². The van der Waals surface area contributed by atoms with Gasteiger partial charge in [0.1, 0.15) is 30.4 Å². The number of amides is 1. The van der Waals surface area contributed by atoms with Crippen LogP contribution < -0.4 is 9.62 Å². The average Bonchev–Trinajstić information content (AvgIpc) is 3.83. The Balaban J connectivity index is 1.62. The maximum Gasteiger partial charge on any atom is 0.435 e. The molecule has 1 amide bonds. The summed E-state index contributed by atoms with van der Waals surface area (Å²) in [6.07, 6.45) is -5.22. The number of benzene rings is 2. The molecule has 368 valence electrons.